The maximum atomic E-state index is 7.12. The molecule has 0 bridgehead atoms. The number of hydrogen-bond acceptors (Lipinski definition) is 3. The molecular formula is C62H49N3O. The van der Waals surface area contributed by atoms with Gasteiger partial charge in [-0.05, 0) is 145 Å². The second-order valence-corrected chi connectivity index (χ2v) is 18.6. The number of aromatic nitrogens is 1. The van der Waals surface area contributed by atoms with Crippen molar-refractivity contribution in [3.05, 3.63) is 212 Å². The largest absolute Gasteiger partial charge is 0.455 e. The van der Waals surface area contributed by atoms with Gasteiger partial charge in [-0.15, -0.1) is 0 Å². The van der Waals surface area contributed by atoms with Gasteiger partial charge in [0, 0.05) is 32.9 Å². The van der Waals surface area contributed by atoms with Crippen molar-refractivity contribution in [2.75, 3.05) is 0 Å². The molecule has 8 aromatic rings. The van der Waals surface area contributed by atoms with Crippen LogP contribution in [0.25, 0.3) is 78.8 Å². The van der Waals surface area contributed by atoms with Crippen molar-refractivity contribution in [2.24, 2.45) is 15.9 Å². The Labute approximate surface area is 384 Å². The number of rotatable bonds is 5. The molecule has 2 aromatic heterocycles. The Hall–Kier alpha value is -7.56. The third kappa shape index (κ3) is 6.26. The van der Waals surface area contributed by atoms with E-state index in [1.807, 2.05) is 0 Å². The first-order valence-corrected chi connectivity index (χ1v) is 23.8. The molecule has 0 fully saturated rings. The van der Waals surface area contributed by atoms with Gasteiger partial charge in [0.1, 0.15) is 11.2 Å². The van der Waals surface area contributed by atoms with E-state index in [0.29, 0.717) is 5.84 Å². The van der Waals surface area contributed by atoms with E-state index in [1.54, 1.807) is 0 Å². The summed E-state index contributed by atoms with van der Waals surface area (Å²) in [6.07, 6.45) is 30.2. The number of amidine groups is 1. The SMILES string of the molecule is CC1=C(c2c(C)cccc2C2=CCCC(c3ccc4ccccc4c3)=NC(c3c(-n4c5c(c6c7c(ccc64)CCC=C7)=CC4=CC=CCC4C=5)ccc4c3oc3ccccc34)=N2)C=CCC1. The number of fused-ring (bicyclic) bond motifs is 10. The molecule has 0 amide bonds. The highest BCUT2D eigenvalue weighted by Gasteiger charge is 2.28. The van der Waals surface area contributed by atoms with Gasteiger partial charge in [0.15, 0.2) is 5.84 Å². The maximum absolute atomic E-state index is 7.12. The predicted molar refractivity (Wildman–Crippen MR) is 278 cm³/mol. The lowest BCUT2D eigenvalue weighted by Crippen LogP contribution is -2.34. The van der Waals surface area contributed by atoms with Crippen LogP contribution in [0.3, 0.4) is 0 Å². The summed E-state index contributed by atoms with van der Waals surface area (Å²) >= 11 is 0. The van der Waals surface area contributed by atoms with Gasteiger partial charge in [-0.3, -0.25) is 0 Å². The first-order chi connectivity index (χ1) is 32.6. The fourth-order valence-corrected chi connectivity index (χ4v) is 11.3. The summed E-state index contributed by atoms with van der Waals surface area (Å²) in [6, 6.07) is 39.7. The van der Waals surface area contributed by atoms with Crippen molar-refractivity contribution in [2.45, 2.75) is 58.8 Å². The lowest BCUT2D eigenvalue weighted by Gasteiger charge is -2.21. The minimum absolute atomic E-state index is 0.285. The number of benzene rings is 6. The number of nitrogens with zero attached hydrogens (tertiary/aromatic N) is 3. The van der Waals surface area contributed by atoms with Crippen LogP contribution in [0.4, 0.5) is 0 Å². The monoisotopic (exact) mass is 851 g/mol. The second kappa shape index (κ2) is 15.6. The fourth-order valence-electron chi connectivity index (χ4n) is 11.3. The zero-order valence-corrected chi connectivity index (χ0v) is 37.4. The molecule has 0 N–H and O–H groups in total. The first kappa shape index (κ1) is 38.9. The molecule has 0 saturated carbocycles. The molecule has 1 unspecified atom stereocenters. The summed E-state index contributed by atoms with van der Waals surface area (Å²) in [5, 5.41) is 8.33. The Bertz CT molecular complexity index is 3810. The van der Waals surface area contributed by atoms with Gasteiger partial charge in [0.25, 0.3) is 0 Å². The standard InChI is InChI=1S/C62H49N3O/c1-38-15-3-9-22-46(38)58-39(2)16-13-25-50(58)53-27-14-26-52(45-30-29-40-17-4-5-19-42(40)35-45)63-62(64-53)60-55(34-32-49-48-24-11-12-28-57(48)66-61(49)60)65-54-33-31-41-18-8-10-23-47(41)59(54)51-36-43-20-6-7-21-44(43)37-56(51)65/h4-7,9-13,16-17,19-20,22-25,27-37,44H,3,8,14-15,18,21,26H2,1-2H3. The second-order valence-electron chi connectivity index (χ2n) is 18.6. The molecule has 3 heterocycles. The van der Waals surface area contributed by atoms with E-state index in [0.717, 1.165) is 101 Å². The van der Waals surface area contributed by atoms with E-state index in [2.05, 4.69) is 188 Å². The van der Waals surface area contributed by atoms with E-state index in [1.165, 1.54) is 71.2 Å². The third-order valence-electron chi connectivity index (χ3n) is 14.6. The van der Waals surface area contributed by atoms with Crippen LogP contribution in [0.5, 0.6) is 0 Å². The topological polar surface area (TPSA) is 42.8 Å². The molecule has 1 atom stereocenters. The summed E-state index contributed by atoms with van der Waals surface area (Å²) in [6.45, 7) is 4.53. The molecule has 0 radical (unpaired) electrons. The average Bonchev–Trinajstić information content (AvgIpc) is 3.89. The zero-order chi connectivity index (χ0) is 43.9. The number of aliphatic imine (C=N–C) groups is 2. The van der Waals surface area contributed by atoms with Gasteiger partial charge >= 0.3 is 0 Å². The Morgan fingerprint density at radius 3 is 2.53 bits per heavy atom. The highest BCUT2D eigenvalue weighted by molar-refractivity contribution is 6.22. The van der Waals surface area contributed by atoms with E-state index in [4.69, 9.17) is 14.4 Å². The molecule has 6 aromatic carbocycles. The Morgan fingerprint density at radius 1 is 0.712 bits per heavy atom. The zero-order valence-electron chi connectivity index (χ0n) is 37.4. The van der Waals surface area contributed by atoms with Crippen molar-refractivity contribution in [1.82, 2.24) is 4.57 Å². The van der Waals surface area contributed by atoms with Gasteiger partial charge in [0.2, 0.25) is 0 Å². The number of furan rings is 1. The number of allylic oxidation sites excluding steroid dienone is 10. The lowest BCUT2D eigenvalue weighted by atomic mass is 9.86. The molecule has 318 valence electrons. The van der Waals surface area contributed by atoms with Crippen LogP contribution in [-0.4, -0.2) is 16.1 Å². The van der Waals surface area contributed by atoms with Crippen molar-refractivity contribution < 1.29 is 4.42 Å². The number of hydrogen-bond donors (Lipinski definition) is 0. The predicted octanol–water partition coefficient (Wildman–Crippen LogP) is 14.2. The summed E-state index contributed by atoms with van der Waals surface area (Å²) in [5.74, 6) is 0.933. The van der Waals surface area contributed by atoms with Gasteiger partial charge in [0.05, 0.1) is 33.5 Å². The van der Waals surface area contributed by atoms with Crippen LogP contribution in [0, 0.1) is 12.8 Å². The summed E-state index contributed by atoms with van der Waals surface area (Å²) < 4.78 is 9.63. The van der Waals surface area contributed by atoms with E-state index < -0.39 is 0 Å². The lowest BCUT2D eigenvalue weighted by molar-refractivity contribution is 0.667. The van der Waals surface area contributed by atoms with Gasteiger partial charge < -0.3 is 8.98 Å². The van der Waals surface area contributed by atoms with Crippen LogP contribution in [0.2, 0.25) is 0 Å². The molecule has 66 heavy (non-hydrogen) atoms. The molecule has 0 saturated heterocycles. The Balaban J connectivity index is 1.15. The third-order valence-corrected chi connectivity index (χ3v) is 14.6. The van der Waals surface area contributed by atoms with Crippen molar-refractivity contribution in [3.8, 4) is 5.69 Å². The fraction of sp³-hybridized carbons (Fsp3) is 0.161. The molecule has 5 aliphatic rings. The van der Waals surface area contributed by atoms with E-state index in [9.17, 15) is 0 Å². The molecule has 4 nitrogen and oxygen atoms in total. The molecule has 4 aliphatic carbocycles. The number of para-hydroxylation sites is 1. The van der Waals surface area contributed by atoms with Crippen molar-refractivity contribution >= 4 is 84.7 Å². The highest BCUT2D eigenvalue weighted by atomic mass is 16.3. The molecular weight excluding hydrogens is 803 g/mol. The van der Waals surface area contributed by atoms with Crippen LogP contribution < -0.4 is 10.6 Å². The normalized spacial score (nSPS) is 17.9. The van der Waals surface area contributed by atoms with E-state index >= 15 is 0 Å². The Kier molecular flexibility index (Phi) is 9.16. The van der Waals surface area contributed by atoms with Crippen LogP contribution in [0.1, 0.15) is 84.4 Å². The minimum Gasteiger partial charge on any atom is -0.455 e. The van der Waals surface area contributed by atoms with Gasteiger partial charge in [-0.25, -0.2) is 9.98 Å². The first-order valence-electron chi connectivity index (χ1n) is 23.8. The molecule has 0 spiro atoms. The smallest absolute Gasteiger partial charge is 0.165 e. The summed E-state index contributed by atoms with van der Waals surface area (Å²) in [4.78, 5) is 11.7. The van der Waals surface area contributed by atoms with Crippen molar-refractivity contribution in [3.63, 3.8) is 0 Å². The van der Waals surface area contributed by atoms with Crippen LogP contribution in [0.15, 0.2) is 177 Å². The van der Waals surface area contributed by atoms with Gasteiger partial charge in [-0.1, -0.05) is 139 Å². The van der Waals surface area contributed by atoms with Crippen LogP contribution in [-0.2, 0) is 6.42 Å². The number of aryl methyl sites for hydroxylation is 2. The molecule has 1 aliphatic heterocycles. The highest BCUT2D eigenvalue weighted by Crippen LogP contribution is 2.40. The summed E-state index contributed by atoms with van der Waals surface area (Å²) in [7, 11) is 0. The average molecular weight is 852 g/mol. The van der Waals surface area contributed by atoms with Crippen molar-refractivity contribution in [1.29, 1.82) is 0 Å². The molecule has 4 heteroatoms. The maximum Gasteiger partial charge on any atom is 0.165 e. The summed E-state index contributed by atoms with van der Waals surface area (Å²) in [5.41, 5.74) is 18.2. The van der Waals surface area contributed by atoms with E-state index in [-0.39, 0.29) is 5.92 Å². The van der Waals surface area contributed by atoms with Crippen LogP contribution >= 0.6 is 0 Å². The Morgan fingerprint density at radius 2 is 1.59 bits per heavy atom. The quantitative estimate of drug-likeness (QED) is 0.170. The minimum atomic E-state index is 0.285. The molecule has 13 rings (SSSR count). The van der Waals surface area contributed by atoms with Gasteiger partial charge in [-0.2, -0.15) is 0 Å².